The van der Waals surface area contributed by atoms with E-state index in [2.05, 4.69) is 56.4 Å². The van der Waals surface area contributed by atoms with Gasteiger partial charge in [0.2, 0.25) is 11.8 Å². The molecule has 0 spiro atoms. The van der Waals surface area contributed by atoms with Crippen molar-refractivity contribution in [3.05, 3.63) is 35.4 Å². The average molecular weight is 345 g/mol. The maximum absolute atomic E-state index is 9.27. The molecule has 2 aromatic heterocycles. The summed E-state index contributed by atoms with van der Waals surface area (Å²) in [5.74, 6) is 1.83. The second-order valence-corrected chi connectivity index (χ2v) is 6.70. The van der Waals surface area contributed by atoms with Gasteiger partial charge in [-0.05, 0) is 31.2 Å². The summed E-state index contributed by atoms with van der Waals surface area (Å²) in [4.78, 5) is 14.9. The number of nitrogen functional groups attached to an aromatic ring is 1. The number of aliphatic hydroxyl groups is 1. The highest BCUT2D eigenvalue weighted by Crippen LogP contribution is 2.23. The molecule has 0 radical (unpaired) electrons. The summed E-state index contributed by atoms with van der Waals surface area (Å²) < 4.78 is 0. The first-order valence-corrected chi connectivity index (χ1v) is 8.68. The first kappa shape index (κ1) is 16.5. The molecule has 3 rings (SSSR count). The van der Waals surface area contributed by atoms with Crippen LogP contribution in [0.2, 0.25) is 0 Å². The molecule has 0 aliphatic heterocycles. The van der Waals surface area contributed by atoms with Gasteiger partial charge in [-0.25, -0.2) is 4.98 Å². The molecule has 8 heteroatoms. The van der Waals surface area contributed by atoms with Crippen molar-refractivity contribution >= 4 is 34.7 Å². The summed E-state index contributed by atoms with van der Waals surface area (Å²) in [5, 5.41) is 13.2. The minimum absolute atomic E-state index is 0.0210. The third-order valence-electron chi connectivity index (χ3n) is 3.55. The molecule has 126 valence electrons. The Morgan fingerprint density at radius 3 is 2.79 bits per heavy atom. The highest BCUT2D eigenvalue weighted by Gasteiger charge is 2.19. The zero-order valence-corrected chi connectivity index (χ0v) is 14.4. The summed E-state index contributed by atoms with van der Waals surface area (Å²) in [7, 11) is 0. The normalized spacial score (nSPS) is 12.5. The van der Waals surface area contributed by atoms with Gasteiger partial charge in [-0.2, -0.15) is 4.98 Å². The highest BCUT2D eigenvalue weighted by atomic mass is 32.2. The van der Waals surface area contributed by atoms with Crippen molar-refractivity contribution in [2.45, 2.75) is 30.8 Å². The molecule has 0 saturated carbocycles. The van der Waals surface area contributed by atoms with E-state index in [1.54, 1.807) is 11.8 Å². The maximum Gasteiger partial charge on any atom is 0.299 e. The van der Waals surface area contributed by atoms with Crippen molar-refractivity contribution in [2.24, 2.45) is 0 Å². The Bertz CT molecular complexity index is 832. The third kappa shape index (κ3) is 3.77. The van der Waals surface area contributed by atoms with Gasteiger partial charge in [0.1, 0.15) is 0 Å². The van der Waals surface area contributed by atoms with Crippen LogP contribution in [0.3, 0.4) is 0 Å². The number of aliphatic hydroxyl groups excluding tert-OH is 1. The zero-order valence-electron chi connectivity index (χ0n) is 13.6. The van der Waals surface area contributed by atoms with Crippen LogP contribution in [0.4, 0.5) is 11.8 Å². The number of hydrogen-bond donors (Lipinski definition) is 4. The second-order valence-electron chi connectivity index (χ2n) is 5.74. The fourth-order valence-electron chi connectivity index (χ4n) is 2.24. The minimum atomic E-state index is -0.105. The lowest BCUT2D eigenvalue weighted by Crippen LogP contribution is -2.26. The van der Waals surface area contributed by atoms with Crippen molar-refractivity contribution in [3.8, 4) is 0 Å². The maximum atomic E-state index is 9.27. The number of hydrogen-bond acceptors (Lipinski definition) is 6. The number of aryl methyl sites for hydroxylation is 1. The third-order valence-corrected chi connectivity index (χ3v) is 4.50. The number of aromatic amines is 2. The Labute approximate surface area is 144 Å². The molecule has 0 saturated heterocycles. The smallest absolute Gasteiger partial charge is 0.299 e. The number of thioether (sulfide) groups is 1. The molecule has 24 heavy (non-hydrogen) atoms. The van der Waals surface area contributed by atoms with Crippen LogP contribution in [0.25, 0.3) is 11.2 Å². The number of imidazole rings is 1. The number of nitrogens with one attached hydrogen (secondary N) is 3. The van der Waals surface area contributed by atoms with Crippen LogP contribution in [0, 0.1) is 6.92 Å². The number of H-pyrrole nitrogens is 2. The Kier molecular flexibility index (Phi) is 4.86. The van der Waals surface area contributed by atoms with Gasteiger partial charge < -0.3 is 15.8 Å². The van der Waals surface area contributed by atoms with E-state index in [1.165, 1.54) is 11.1 Å². The van der Waals surface area contributed by atoms with Gasteiger partial charge in [0, 0.05) is 5.75 Å². The number of anilines is 2. The molecule has 0 amide bonds. The van der Waals surface area contributed by atoms with E-state index in [9.17, 15) is 5.11 Å². The Balaban J connectivity index is 1.85. The van der Waals surface area contributed by atoms with E-state index in [-0.39, 0.29) is 12.6 Å². The van der Waals surface area contributed by atoms with Gasteiger partial charge >= 0.3 is 0 Å². The van der Waals surface area contributed by atoms with E-state index in [1.807, 2.05) is 6.92 Å². The first-order valence-electron chi connectivity index (χ1n) is 7.69. The quantitative estimate of drug-likeness (QED) is 0.400. The molecule has 3 aromatic rings. The summed E-state index contributed by atoms with van der Waals surface area (Å²) in [6, 6.07) is 8.31. The van der Waals surface area contributed by atoms with Gasteiger partial charge in [-0.1, -0.05) is 34.8 Å². The molecule has 0 unspecified atom stereocenters. The molecular weight excluding hydrogens is 324 g/mol. The molecular formula is C16H21N6OS+. The van der Waals surface area contributed by atoms with Crippen LogP contribution in [-0.4, -0.2) is 32.7 Å². The van der Waals surface area contributed by atoms with Crippen LogP contribution >= 0.6 is 11.8 Å². The molecule has 6 N–H and O–H groups in total. The largest absolute Gasteiger partial charge is 0.393 e. The molecule has 1 atom stereocenters. The van der Waals surface area contributed by atoms with Crippen molar-refractivity contribution in [1.82, 2.24) is 15.0 Å². The molecule has 0 bridgehead atoms. The van der Waals surface area contributed by atoms with Crippen molar-refractivity contribution < 1.29 is 10.1 Å². The Morgan fingerprint density at radius 2 is 2.08 bits per heavy atom. The number of nitrogens with zero attached hydrogens (tertiary/aromatic N) is 2. The molecule has 7 nitrogen and oxygen atoms in total. The van der Waals surface area contributed by atoms with Gasteiger partial charge in [0.25, 0.3) is 10.8 Å². The number of fused-ring (bicyclic) bond motifs is 1. The molecule has 1 aromatic carbocycles. The number of rotatable bonds is 6. The molecule has 0 fully saturated rings. The first-order chi connectivity index (χ1) is 11.5. The van der Waals surface area contributed by atoms with Crippen LogP contribution in [0.1, 0.15) is 18.1 Å². The fraction of sp³-hybridized carbons (Fsp3) is 0.312. The minimum Gasteiger partial charge on any atom is -0.393 e. The topological polar surface area (TPSA) is 114 Å². The van der Waals surface area contributed by atoms with Crippen LogP contribution in [0.15, 0.2) is 29.4 Å². The fourth-order valence-corrected chi connectivity index (χ4v) is 3.06. The molecule has 0 aliphatic carbocycles. The Hall–Kier alpha value is -2.32. The standard InChI is InChI=1S/C16H20N6OS/c1-9-3-5-11(6-4-9)8-24-16-21-13(18-10(2)7-23)12-14(22-16)20-15(17)19-12/h3-6,10,23H,7-8H2,1-2H3,(H4,17,18,19,20,21,22)/p+1/t10-/m1/s1. The Morgan fingerprint density at radius 1 is 1.33 bits per heavy atom. The van der Waals surface area contributed by atoms with Crippen molar-refractivity contribution in [3.63, 3.8) is 0 Å². The SMILES string of the molecule is Cc1ccc(CSc2nc3nc(N)[nH]c3c(N[C@H](C)CO)[nH+]2)cc1. The van der Waals surface area contributed by atoms with Crippen LogP contribution in [0.5, 0.6) is 0 Å². The van der Waals surface area contributed by atoms with Crippen molar-refractivity contribution in [2.75, 3.05) is 17.7 Å². The van der Waals surface area contributed by atoms with E-state index in [0.717, 1.165) is 16.7 Å². The zero-order chi connectivity index (χ0) is 17.1. The molecule has 2 heterocycles. The summed E-state index contributed by atoms with van der Waals surface area (Å²) in [6.45, 7) is 3.98. The van der Waals surface area contributed by atoms with E-state index in [4.69, 9.17) is 5.73 Å². The van der Waals surface area contributed by atoms with E-state index < -0.39 is 0 Å². The van der Waals surface area contributed by atoms with Gasteiger partial charge in [-0.15, -0.1) is 0 Å². The average Bonchev–Trinajstić information content (AvgIpc) is 2.94. The van der Waals surface area contributed by atoms with Gasteiger partial charge in [0.15, 0.2) is 5.52 Å². The van der Waals surface area contributed by atoms with Crippen LogP contribution in [-0.2, 0) is 5.75 Å². The predicted molar refractivity (Wildman–Crippen MR) is 95.8 cm³/mol. The molecule has 0 aliphatic rings. The number of nitrogens with two attached hydrogens (primary N) is 1. The monoisotopic (exact) mass is 345 g/mol. The van der Waals surface area contributed by atoms with Gasteiger partial charge in [0.05, 0.1) is 12.6 Å². The van der Waals surface area contributed by atoms with E-state index in [0.29, 0.717) is 17.1 Å². The lowest BCUT2D eigenvalue weighted by Gasteiger charge is -2.07. The second kappa shape index (κ2) is 7.06. The lowest BCUT2D eigenvalue weighted by atomic mass is 10.2. The van der Waals surface area contributed by atoms with Crippen LogP contribution < -0.4 is 16.0 Å². The van der Waals surface area contributed by atoms with Gasteiger partial charge in [-0.3, -0.25) is 5.32 Å². The predicted octanol–water partition coefficient (Wildman–Crippen LogP) is 1.75. The summed E-state index contributed by atoms with van der Waals surface area (Å²) in [5.41, 5.74) is 9.46. The summed E-state index contributed by atoms with van der Waals surface area (Å²) >= 11 is 1.59. The van der Waals surface area contributed by atoms with Crippen molar-refractivity contribution in [1.29, 1.82) is 0 Å². The lowest BCUT2D eigenvalue weighted by molar-refractivity contribution is -0.416. The van der Waals surface area contributed by atoms with E-state index >= 15 is 0 Å². The highest BCUT2D eigenvalue weighted by molar-refractivity contribution is 7.98. The summed E-state index contributed by atoms with van der Waals surface area (Å²) in [6.07, 6.45) is 0. The number of benzene rings is 1. The number of aromatic nitrogens is 4.